The molecule has 0 saturated carbocycles. The third-order valence-electron chi connectivity index (χ3n) is 4.31. The number of aromatic nitrogens is 1. The second kappa shape index (κ2) is 8.06. The molecular weight excluding hydrogens is 352 g/mol. The molecule has 0 bridgehead atoms. The molecule has 1 unspecified atom stereocenters. The van der Waals surface area contributed by atoms with Gasteiger partial charge in [-0.3, -0.25) is 4.79 Å². The summed E-state index contributed by atoms with van der Waals surface area (Å²) in [6.07, 6.45) is 2.65. The number of amides is 1. The van der Waals surface area contributed by atoms with E-state index >= 15 is 0 Å². The van der Waals surface area contributed by atoms with Gasteiger partial charge in [0.15, 0.2) is 0 Å². The molecular formula is C20H19ClN2O3. The molecule has 0 aliphatic heterocycles. The van der Waals surface area contributed by atoms with Crippen molar-refractivity contribution in [3.05, 3.63) is 70.9 Å². The molecule has 3 N–H and O–H groups in total. The van der Waals surface area contributed by atoms with Gasteiger partial charge < -0.3 is 15.4 Å². The Morgan fingerprint density at radius 2 is 1.81 bits per heavy atom. The highest BCUT2D eigenvalue weighted by molar-refractivity contribution is 6.31. The fraction of sp³-hybridized carbons (Fsp3) is 0.200. The number of aliphatic carboxylic acids is 1. The molecule has 0 saturated heterocycles. The monoisotopic (exact) mass is 370 g/mol. The minimum absolute atomic E-state index is 0.182. The van der Waals surface area contributed by atoms with Crippen molar-refractivity contribution in [1.29, 1.82) is 0 Å². The van der Waals surface area contributed by atoms with E-state index < -0.39 is 12.0 Å². The summed E-state index contributed by atoms with van der Waals surface area (Å²) in [7, 11) is 0. The third kappa shape index (κ3) is 4.24. The average Bonchev–Trinajstić information content (AvgIpc) is 3.03. The van der Waals surface area contributed by atoms with E-state index in [-0.39, 0.29) is 18.7 Å². The number of hydrogen-bond donors (Lipinski definition) is 3. The van der Waals surface area contributed by atoms with Crippen molar-refractivity contribution in [3.63, 3.8) is 0 Å². The molecule has 0 aliphatic rings. The molecule has 134 valence electrons. The van der Waals surface area contributed by atoms with E-state index in [9.17, 15) is 14.7 Å². The van der Waals surface area contributed by atoms with Crippen molar-refractivity contribution in [1.82, 2.24) is 10.3 Å². The molecule has 5 nitrogen and oxygen atoms in total. The van der Waals surface area contributed by atoms with Gasteiger partial charge in [0.25, 0.3) is 0 Å². The fourth-order valence-electron chi connectivity index (χ4n) is 2.94. The Hall–Kier alpha value is -2.79. The van der Waals surface area contributed by atoms with Crippen molar-refractivity contribution in [2.24, 2.45) is 0 Å². The Morgan fingerprint density at radius 3 is 2.58 bits per heavy atom. The molecule has 26 heavy (non-hydrogen) atoms. The van der Waals surface area contributed by atoms with Crippen molar-refractivity contribution >= 4 is 34.4 Å². The maximum absolute atomic E-state index is 12.2. The van der Waals surface area contributed by atoms with Crippen LogP contribution in [-0.4, -0.2) is 28.0 Å². The number of benzene rings is 2. The van der Waals surface area contributed by atoms with E-state index in [4.69, 9.17) is 11.6 Å². The Bertz CT molecular complexity index is 935. The van der Waals surface area contributed by atoms with E-state index in [1.807, 2.05) is 42.5 Å². The van der Waals surface area contributed by atoms with Gasteiger partial charge in [-0.2, -0.15) is 0 Å². The minimum Gasteiger partial charge on any atom is -0.480 e. The topological polar surface area (TPSA) is 82.2 Å². The van der Waals surface area contributed by atoms with E-state index in [0.717, 1.165) is 22.0 Å². The van der Waals surface area contributed by atoms with Gasteiger partial charge in [-0.05, 0) is 29.7 Å². The number of H-pyrrole nitrogens is 1. The number of aromatic amines is 1. The highest BCUT2D eigenvalue weighted by atomic mass is 35.5. The van der Waals surface area contributed by atoms with E-state index in [2.05, 4.69) is 10.3 Å². The van der Waals surface area contributed by atoms with Gasteiger partial charge in [-0.1, -0.05) is 48.0 Å². The van der Waals surface area contributed by atoms with E-state index in [0.29, 0.717) is 11.4 Å². The van der Waals surface area contributed by atoms with Gasteiger partial charge >= 0.3 is 5.97 Å². The summed E-state index contributed by atoms with van der Waals surface area (Å²) in [6, 6.07) is 14.0. The number of para-hydroxylation sites is 1. The smallest absolute Gasteiger partial charge is 0.326 e. The van der Waals surface area contributed by atoms with Gasteiger partial charge in [-0.15, -0.1) is 0 Å². The largest absolute Gasteiger partial charge is 0.480 e. The Balaban J connectivity index is 1.64. The van der Waals surface area contributed by atoms with Crippen LogP contribution >= 0.6 is 11.6 Å². The second-order valence-electron chi connectivity index (χ2n) is 6.11. The fourth-order valence-corrected chi connectivity index (χ4v) is 3.17. The lowest BCUT2D eigenvalue weighted by molar-refractivity contribution is -0.141. The van der Waals surface area contributed by atoms with Crippen LogP contribution in [0, 0.1) is 0 Å². The number of halogens is 1. The van der Waals surface area contributed by atoms with Crippen LogP contribution in [0.4, 0.5) is 0 Å². The summed E-state index contributed by atoms with van der Waals surface area (Å²) >= 11 is 6.08. The molecule has 0 aliphatic carbocycles. The van der Waals surface area contributed by atoms with Gasteiger partial charge in [0.1, 0.15) is 6.04 Å². The standard InChI is InChI=1S/C20H19ClN2O3/c21-16-7-3-1-5-13(16)9-10-19(24)23-18(20(25)26)11-14-12-22-17-8-4-2-6-15(14)17/h1-8,12,18,22H,9-11H2,(H,23,24)(H,25,26). The Morgan fingerprint density at radius 1 is 1.08 bits per heavy atom. The molecule has 0 fully saturated rings. The molecule has 6 heteroatoms. The first-order chi connectivity index (χ1) is 12.5. The van der Waals surface area contributed by atoms with Crippen LogP contribution in [0.3, 0.4) is 0 Å². The first-order valence-corrected chi connectivity index (χ1v) is 8.73. The van der Waals surface area contributed by atoms with Crippen molar-refractivity contribution in [3.8, 4) is 0 Å². The summed E-state index contributed by atoms with van der Waals surface area (Å²) in [5, 5.41) is 13.7. The zero-order chi connectivity index (χ0) is 18.5. The summed E-state index contributed by atoms with van der Waals surface area (Å²) in [5.74, 6) is -1.36. The molecule has 1 aromatic heterocycles. The second-order valence-corrected chi connectivity index (χ2v) is 6.52. The average molecular weight is 371 g/mol. The number of fused-ring (bicyclic) bond motifs is 1. The predicted molar refractivity (Wildman–Crippen MR) is 101 cm³/mol. The SMILES string of the molecule is O=C(CCc1ccccc1Cl)NC(Cc1c[nH]c2ccccc12)C(=O)O. The predicted octanol–water partition coefficient (Wildman–Crippen LogP) is 3.57. The zero-order valence-corrected chi connectivity index (χ0v) is 14.8. The number of hydrogen-bond acceptors (Lipinski definition) is 2. The Kier molecular flexibility index (Phi) is 5.58. The van der Waals surface area contributed by atoms with E-state index in [1.165, 1.54) is 0 Å². The van der Waals surface area contributed by atoms with E-state index in [1.54, 1.807) is 12.3 Å². The summed E-state index contributed by atoms with van der Waals surface area (Å²) in [4.78, 5) is 26.9. The van der Waals surface area contributed by atoms with Crippen LogP contribution in [0.15, 0.2) is 54.7 Å². The Labute approximate surface area is 156 Å². The van der Waals surface area contributed by atoms with Gasteiger partial charge in [0, 0.05) is 35.0 Å². The third-order valence-corrected chi connectivity index (χ3v) is 4.68. The van der Waals surface area contributed by atoms with Gasteiger partial charge in [0.05, 0.1) is 0 Å². The maximum atomic E-state index is 12.2. The van der Waals surface area contributed by atoms with Crippen LogP contribution in [0.5, 0.6) is 0 Å². The molecule has 3 rings (SSSR count). The van der Waals surface area contributed by atoms with Crippen LogP contribution in [0.25, 0.3) is 10.9 Å². The molecule has 2 aromatic carbocycles. The first-order valence-electron chi connectivity index (χ1n) is 8.35. The quantitative estimate of drug-likeness (QED) is 0.594. The number of carboxylic acids is 1. The minimum atomic E-state index is -1.05. The van der Waals surface area contributed by atoms with Crippen LogP contribution < -0.4 is 5.32 Å². The molecule has 1 atom stereocenters. The number of carbonyl (C=O) groups excluding carboxylic acids is 1. The number of carboxylic acid groups (broad SMARTS) is 1. The number of aryl methyl sites for hydroxylation is 1. The van der Waals surface area contributed by atoms with Gasteiger partial charge in [0.2, 0.25) is 5.91 Å². The number of nitrogens with one attached hydrogen (secondary N) is 2. The first kappa shape index (κ1) is 18.0. The van der Waals surface area contributed by atoms with Gasteiger partial charge in [-0.25, -0.2) is 4.79 Å². The zero-order valence-electron chi connectivity index (χ0n) is 14.0. The van der Waals surface area contributed by atoms with Crippen LogP contribution in [0.2, 0.25) is 5.02 Å². The van der Waals surface area contributed by atoms with Crippen molar-refractivity contribution < 1.29 is 14.7 Å². The van der Waals surface area contributed by atoms with Crippen LogP contribution in [0.1, 0.15) is 17.5 Å². The maximum Gasteiger partial charge on any atom is 0.326 e. The number of carbonyl (C=O) groups is 2. The molecule has 1 amide bonds. The summed E-state index contributed by atoms with van der Waals surface area (Å²) in [5.41, 5.74) is 2.67. The summed E-state index contributed by atoms with van der Waals surface area (Å²) in [6.45, 7) is 0. The number of rotatable bonds is 7. The molecule has 0 radical (unpaired) electrons. The normalized spacial score (nSPS) is 12.0. The lowest BCUT2D eigenvalue weighted by Gasteiger charge is -2.14. The highest BCUT2D eigenvalue weighted by Crippen LogP contribution is 2.19. The molecule has 0 spiro atoms. The highest BCUT2D eigenvalue weighted by Gasteiger charge is 2.21. The summed E-state index contributed by atoms with van der Waals surface area (Å²) < 4.78 is 0. The lowest BCUT2D eigenvalue weighted by atomic mass is 10.0. The van der Waals surface area contributed by atoms with Crippen LogP contribution in [-0.2, 0) is 22.4 Å². The lowest BCUT2D eigenvalue weighted by Crippen LogP contribution is -2.42. The van der Waals surface area contributed by atoms with Crippen molar-refractivity contribution in [2.45, 2.75) is 25.3 Å². The van der Waals surface area contributed by atoms with Crippen molar-refractivity contribution in [2.75, 3.05) is 0 Å². The molecule has 3 aromatic rings. The molecule has 1 heterocycles.